The van der Waals surface area contributed by atoms with Crippen molar-refractivity contribution in [1.29, 1.82) is 0 Å². The number of aryl methyl sites for hydroxylation is 1. The van der Waals surface area contributed by atoms with Crippen LogP contribution < -0.4 is 10.6 Å². The number of para-hydroxylation sites is 1. The summed E-state index contributed by atoms with van der Waals surface area (Å²) in [6.45, 7) is 2.78. The van der Waals surface area contributed by atoms with Crippen molar-refractivity contribution in [1.82, 2.24) is 0 Å². The summed E-state index contributed by atoms with van der Waals surface area (Å²) in [6, 6.07) is 13.9. The van der Waals surface area contributed by atoms with Crippen molar-refractivity contribution in [3.05, 3.63) is 59.2 Å². The molecule has 2 aromatic carbocycles. The highest BCUT2D eigenvalue weighted by Gasteiger charge is 2.26. The normalized spacial score (nSPS) is 13.3. The van der Waals surface area contributed by atoms with Gasteiger partial charge in [-0.15, -0.1) is 0 Å². The van der Waals surface area contributed by atoms with E-state index in [0.29, 0.717) is 12.1 Å². The molecule has 0 atom stereocenters. The Balaban J connectivity index is 1.82. The van der Waals surface area contributed by atoms with Crippen molar-refractivity contribution in [2.75, 3.05) is 17.2 Å². The Morgan fingerprint density at radius 2 is 1.95 bits per heavy atom. The lowest BCUT2D eigenvalue weighted by Gasteiger charge is -2.19. The van der Waals surface area contributed by atoms with Crippen LogP contribution in [-0.4, -0.2) is 12.5 Å². The molecule has 0 aromatic heterocycles. The topological polar surface area (TPSA) is 46.3 Å². The Kier molecular flexibility index (Phi) is 3.18. The fraction of sp³-hybridized carbons (Fsp3) is 0.235. The van der Waals surface area contributed by atoms with Crippen molar-refractivity contribution >= 4 is 17.3 Å². The number of carbonyl (C=O) groups excluding carboxylic acids is 1. The fourth-order valence-electron chi connectivity index (χ4n) is 2.71. The third kappa shape index (κ3) is 2.27. The van der Waals surface area contributed by atoms with E-state index in [1.165, 1.54) is 11.1 Å². The van der Waals surface area contributed by atoms with Crippen LogP contribution in [0.15, 0.2) is 42.5 Å². The van der Waals surface area contributed by atoms with Crippen molar-refractivity contribution in [3.63, 3.8) is 0 Å². The zero-order valence-corrected chi connectivity index (χ0v) is 11.6. The molecule has 102 valence electrons. The van der Waals surface area contributed by atoms with E-state index < -0.39 is 0 Å². The van der Waals surface area contributed by atoms with Crippen molar-refractivity contribution in [2.45, 2.75) is 19.8 Å². The van der Waals surface area contributed by atoms with Gasteiger partial charge in [0.2, 0.25) is 5.91 Å². The van der Waals surface area contributed by atoms with Crippen LogP contribution in [0.2, 0.25) is 0 Å². The molecule has 1 aliphatic rings. The highest BCUT2D eigenvalue weighted by atomic mass is 16.2. The second kappa shape index (κ2) is 5.00. The first-order valence-electron chi connectivity index (χ1n) is 6.88. The minimum absolute atomic E-state index is 0.116. The summed E-state index contributed by atoms with van der Waals surface area (Å²) in [6.07, 6.45) is 1.31. The number of nitrogens with zero attached hydrogens (tertiary/aromatic N) is 1. The molecule has 0 aliphatic carbocycles. The van der Waals surface area contributed by atoms with Gasteiger partial charge in [0, 0.05) is 6.54 Å². The highest BCUT2D eigenvalue weighted by molar-refractivity contribution is 5.99. The Morgan fingerprint density at radius 1 is 1.20 bits per heavy atom. The maximum atomic E-state index is 12.5. The second-order valence-electron chi connectivity index (χ2n) is 5.31. The van der Waals surface area contributed by atoms with Crippen LogP contribution in [-0.2, 0) is 17.6 Å². The van der Waals surface area contributed by atoms with Gasteiger partial charge in [-0.3, -0.25) is 4.79 Å². The second-order valence-corrected chi connectivity index (χ2v) is 5.31. The first kappa shape index (κ1) is 12.7. The predicted octanol–water partition coefficient (Wildman–Crippen LogP) is 2.71. The highest BCUT2D eigenvalue weighted by Crippen LogP contribution is 2.33. The van der Waals surface area contributed by atoms with E-state index in [4.69, 9.17) is 5.73 Å². The number of hydrogen-bond acceptors (Lipinski definition) is 2. The molecular weight excluding hydrogens is 248 g/mol. The number of amides is 1. The number of fused-ring (bicyclic) bond motifs is 1. The van der Waals surface area contributed by atoms with E-state index in [2.05, 4.69) is 0 Å². The van der Waals surface area contributed by atoms with Crippen LogP contribution in [0.5, 0.6) is 0 Å². The number of rotatable bonds is 2. The van der Waals surface area contributed by atoms with Crippen LogP contribution in [0.3, 0.4) is 0 Å². The monoisotopic (exact) mass is 266 g/mol. The number of benzene rings is 2. The van der Waals surface area contributed by atoms with Crippen molar-refractivity contribution in [3.8, 4) is 0 Å². The summed E-state index contributed by atoms with van der Waals surface area (Å²) >= 11 is 0. The summed E-state index contributed by atoms with van der Waals surface area (Å²) in [5.41, 5.74) is 11.0. The Morgan fingerprint density at radius 3 is 2.70 bits per heavy atom. The minimum Gasteiger partial charge on any atom is -0.397 e. The van der Waals surface area contributed by atoms with E-state index in [9.17, 15) is 4.79 Å². The van der Waals surface area contributed by atoms with Gasteiger partial charge < -0.3 is 10.6 Å². The maximum Gasteiger partial charge on any atom is 0.231 e. The molecule has 0 saturated carbocycles. The first-order valence-corrected chi connectivity index (χ1v) is 6.88. The third-order valence-electron chi connectivity index (χ3n) is 3.80. The van der Waals surface area contributed by atoms with Crippen molar-refractivity contribution < 1.29 is 4.79 Å². The summed E-state index contributed by atoms with van der Waals surface area (Å²) in [4.78, 5) is 14.3. The fourth-order valence-corrected chi connectivity index (χ4v) is 2.71. The van der Waals surface area contributed by atoms with Crippen LogP contribution in [0.25, 0.3) is 0 Å². The van der Waals surface area contributed by atoms with E-state index in [0.717, 1.165) is 24.2 Å². The largest absolute Gasteiger partial charge is 0.397 e. The van der Waals surface area contributed by atoms with Gasteiger partial charge in [0.1, 0.15) is 0 Å². The van der Waals surface area contributed by atoms with Gasteiger partial charge in [0.25, 0.3) is 0 Å². The number of hydrogen-bond donors (Lipinski definition) is 1. The molecule has 0 bridgehead atoms. The molecule has 2 N–H and O–H groups in total. The van der Waals surface area contributed by atoms with E-state index >= 15 is 0 Å². The molecule has 1 amide bonds. The Labute approximate surface area is 119 Å². The Hall–Kier alpha value is -2.29. The zero-order valence-electron chi connectivity index (χ0n) is 11.6. The summed E-state index contributed by atoms with van der Waals surface area (Å²) in [5.74, 6) is 0.116. The van der Waals surface area contributed by atoms with Gasteiger partial charge in [-0.25, -0.2) is 0 Å². The number of carbonyl (C=O) groups is 1. The standard InChI is InChI=1S/C17H18N2O/c1-12-5-7-13(8-6-12)11-16(20)19-10-9-14-3-2-4-15(18)17(14)19/h2-8H,9-11,18H2,1H3. The van der Waals surface area contributed by atoms with Gasteiger partial charge in [-0.05, 0) is 30.5 Å². The molecule has 0 unspecified atom stereocenters. The van der Waals surface area contributed by atoms with Gasteiger partial charge in [-0.2, -0.15) is 0 Å². The lowest BCUT2D eigenvalue weighted by Crippen LogP contribution is -2.30. The van der Waals surface area contributed by atoms with Crippen LogP contribution in [0, 0.1) is 6.92 Å². The lowest BCUT2D eigenvalue weighted by molar-refractivity contribution is -0.117. The Bertz CT molecular complexity index is 647. The summed E-state index contributed by atoms with van der Waals surface area (Å²) in [5, 5.41) is 0. The average molecular weight is 266 g/mol. The predicted molar refractivity (Wildman–Crippen MR) is 81.8 cm³/mol. The molecule has 20 heavy (non-hydrogen) atoms. The quantitative estimate of drug-likeness (QED) is 0.849. The number of nitrogens with two attached hydrogens (primary N) is 1. The van der Waals surface area contributed by atoms with Crippen LogP contribution >= 0.6 is 0 Å². The molecule has 3 heteroatoms. The van der Waals surface area contributed by atoms with Crippen molar-refractivity contribution in [2.24, 2.45) is 0 Å². The SMILES string of the molecule is Cc1ccc(CC(=O)N2CCc3cccc(N)c32)cc1. The lowest BCUT2D eigenvalue weighted by atomic mass is 10.1. The summed E-state index contributed by atoms with van der Waals surface area (Å²) in [7, 11) is 0. The number of anilines is 2. The van der Waals surface area contributed by atoms with Gasteiger partial charge in [-0.1, -0.05) is 42.0 Å². The van der Waals surface area contributed by atoms with Gasteiger partial charge in [0.15, 0.2) is 0 Å². The van der Waals surface area contributed by atoms with E-state index in [1.54, 1.807) is 0 Å². The van der Waals surface area contributed by atoms with E-state index in [-0.39, 0.29) is 5.91 Å². The van der Waals surface area contributed by atoms with Gasteiger partial charge >= 0.3 is 0 Å². The molecular formula is C17H18N2O. The zero-order chi connectivity index (χ0) is 14.1. The number of nitrogen functional groups attached to an aromatic ring is 1. The molecule has 1 aliphatic heterocycles. The van der Waals surface area contributed by atoms with E-state index in [1.807, 2.05) is 54.3 Å². The van der Waals surface area contributed by atoms with Crippen LogP contribution in [0.4, 0.5) is 11.4 Å². The molecule has 0 spiro atoms. The molecule has 3 nitrogen and oxygen atoms in total. The molecule has 3 rings (SSSR count). The average Bonchev–Trinajstić information content (AvgIpc) is 2.87. The molecule has 0 radical (unpaired) electrons. The van der Waals surface area contributed by atoms with Crippen LogP contribution in [0.1, 0.15) is 16.7 Å². The molecule has 0 saturated heterocycles. The minimum atomic E-state index is 0.116. The molecule has 2 aromatic rings. The first-order chi connectivity index (χ1) is 9.65. The van der Waals surface area contributed by atoms with Gasteiger partial charge in [0.05, 0.1) is 17.8 Å². The maximum absolute atomic E-state index is 12.5. The molecule has 1 heterocycles. The molecule has 0 fully saturated rings. The summed E-state index contributed by atoms with van der Waals surface area (Å²) < 4.78 is 0. The smallest absolute Gasteiger partial charge is 0.231 e. The third-order valence-corrected chi connectivity index (χ3v) is 3.80.